The van der Waals surface area contributed by atoms with Crippen LogP contribution >= 0.6 is 0 Å². The lowest BCUT2D eigenvalue weighted by Crippen LogP contribution is -2.31. The van der Waals surface area contributed by atoms with Crippen molar-refractivity contribution in [3.8, 4) is 0 Å². The molecule has 0 saturated heterocycles. The summed E-state index contributed by atoms with van der Waals surface area (Å²) in [4.78, 5) is 16.0. The van der Waals surface area contributed by atoms with Crippen LogP contribution in [0.3, 0.4) is 0 Å². The minimum absolute atomic E-state index is 0.0520. The van der Waals surface area contributed by atoms with Crippen LogP contribution < -0.4 is 9.80 Å². The lowest BCUT2D eigenvalue weighted by molar-refractivity contribution is -0.113. The van der Waals surface area contributed by atoms with Gasteiger partial charge in [0.15, 0.2) is 5.78 Å². The van der Waals surface area contributed by atoms with E-state index in [9.17, 15) is 4.79 Å². The maximum absolute atomic E-state index is 11.6. The molecule has 0 aliphatic carbocycles. The number of benzene rings is 1. The second-order valence-corrected chi connectivity index (χ2v) is 4.35. The first-order valence-electron chi connectivity index (χ1n) is 6.92. The van der Waals surface area contributed by atoms with Gasteiger partial charge in [-0.2, -0.15) is 0 Å². The summed E-state index contributed by atoms with van der Waals surface area (Å²) in [6.07, 6.45) is 1.39. The third kappa shape index (κ3) is 3.85. The molecule has 1 rings (SSSR count). The molecule has 0 bridgehead atoms. The Balaban J connectivity index is 3.09. The maximum atomic E-state index is 11.6. The fraction of sp³-hybridized carbons (Fsp3) is 0.438. The molecule has 19 heavy (non-hydrogen) atoms. The third-order valence-electron chi connectivity index (χ3n) is 3.28. The number of carbonyl (C=O) groups is 1. The van der Waals surface area contributed by atoms with Gasteiger partial charge in [0.25, 0.3) is 0 Å². The molecule has 0 aromatic heterocycles. The average Bonchev–Trinajstić information content (AvgIpc) is 2.46. The second kappa shape index (κ2) is 7.62. The van der Waals surface area contributed by atoms with Crippen molar-refractivity contribution in [3.05, 3.63) is 36.9 Å². The van der Waals surface area contributed by atoms with E-state index in [0.29, 0.717) is 6.54 Å². The quantitative estimate of drug-likeness (QED) is 0.671. The van der Waals surface area contributed by atoms with Crippen molar-refractivity contribution in [2.45, 2.75) is 20.8 Å². The highest BCUT2D eigenvalue weighted by Gasteiger charge is 2.14. The summed E-state index contributed by atoms with van der Waals surface area (Å²) < 4.78 is 0. The van der Waals surface area contributed by atoms with E-state index < -0.39 is 0 Å². The van der Waals surface area contributed by atoms with E-state index in [1.807, 2.05) is 12.1 Å². The molecule has 3 heteroatoms. The predicted molar refractivity (Wildman–Crippen MR) is 83.1 cm³/mol. The van der Waals surface area contributed by atoms with Gasteiger partial charge in [-0.1, -0.05) is 18.7 Å². The minimum Gasteiger partial charge on any atom is -0.370 e. The van der Waals surface area contributed by atoms with E-state index in [1.165, 1.54) is 11.8 Å². The van der Waals surface area contributed by atoms with Gasteiger partial charge in [-0.3, -0.25) is 4.79 Å². The van der Waals surface area contributed by atoms with Gasteiger partial charge in [0.1, 0.15) is 0 Å². The van der Waals surface area contributed by atoms with E-state index in [1.54, 1.807) is 0 Å². The zero-order valence-corrected chi connectivity index (χ0v) is 12.2. The SMILES string of the molecule is C=CC(=O)CN(CC)c1ccccc1N(CC)CC. The molecule has 0 N–H and O–H groups in total. The maximum Gasteiger partial charge on any atom is 0.174 e. The van der Waals surface area contributed by atoms with Crippen LogP contribution in [0.25, 0.3) is 0 Å². The van der Waals surface area contributed by atoms with Crippen LogP contribution in [0.4, 0.5) is 11.4 Å². The molecule has 0 fully saturated rings. The van der Waals surface area contributed by atoms with Crippen LogP contribution in [-0.2, 0) is 4.79 Å². The molecule has 0 heterocycles. The second-order valence-electron chi connectivity index (χ2n) is 4.35. The molecular weight excluding hydrogens is 236 g/mol. The van der Waals surface area contributed by atoms with Crippen molar-refractivity contribution < 1.29 is 4.79 Å². The Morgan fingerprint density at radius 1 is 1.05 bits per heavy atom. The van der Waals surface area contributed by atoms with Gasteiger partial charge in [-0.25, -0.2) is 0 Å². The number of para-hydroxylation sites is 2. The Bertz CT molecular complexity index is 425. The smallest absolute Gasteiger partial charge is 0.174 e. The lowest BCUT2D eigenvalue weighted by atomic mass is 10.2. The summed E-state index contributed by atoms with van der Waals surface area (Å²) in [5.41, 5.74) is 2.30. The molecule has 1 aromatic carbocycles. The number of ketones is 1. The van der Waals surface area contributed by atoms with Gasteiger partial charge < -0.3 is 9.80 Å². The molecule has 0 saturated carbocycles. The van der Waals surface area contributed by atoms with Crippen LogP contribution in [0.15, 0.2) is 36.9 Å². The van der Waals surface area contributed by atoms with E-state index >= 15 is 0 Å². The lowest BCUT2D eigenvalue weighted by Gasteiger charge is -2.30. The third-order valence-corrected chi connectivity index (χ3v) is 3.28. The van der Waals surface area contributed by atoms with Crippen molar-refractivity contribution in [2.75, 3.05) is 36.0 Å². The Morgan fingerprint density at radius 3 is 1.95 bits per heavy atom. The van der Waals surface area contributed by atoms with Gasteiger partial charge in [-0.05, 0) is 39.0 Å². The Labute approximate surface area is 116 Å². The van der Waals surface area contributed by atoms with Crippen LogP contribution in [0.2, 0.25) is 0 Å². The predicted octanol–water partition coefficient (Wildman–Crippen LogP) is 3.11. The van der Waals surface area contributed by atoms with Gasteiger partial charge in [0, 0.05) is 19.6 Å². The highest BCUT2D eigenvalue weighted by Crippen LogP contribution is 2.28. The first-order chi connectivity index (χ1) is 9.17. The minimum atomic E-state index is 0.0520. The van der Waals surface area contributed by atoms with Crippen LogP contribution in [0.1, 0.15) is 20.8 Å². The highest BCUT2D eigenvalue weighted by atomic mass is 16.1. The van der Waals surface area contributed by atoms with Gasteiger partial charge in [-0.15, -0.1) is 0 Å². The number of hydrogen-bond donors (Lipinski definition) is 0. The number of hydrogen-bond acceptors (Lipinski definition) is 3. The molecule has 0 radical (unpaired) electrons. The van der Waals surface area contributed by atoms with Gasteiger partial charge in [0.2, 0.25) is 0 Å². The molecule has 0 spiro atoms. The first-order valence-corrected chi connectivity index (χ1v) is 6.92. The largest absolute Gasteiger partial charge is 0.370 e. The Morgan fingerprint density at radius 2 is 1.53 bits per heavy atom. The highest BCUT2D eigenvalue weighted by molar-refractivity contribution is 5.93. The van der Waals surface area contributed by atoms with E-state index in [-0.39, 0.29) is 5.78 Å². The summed E-state index contributed by atoms with van der Waals surface area (Å²) in [5.74, 6) is 0.0520. The molecule has 0 amide bonds. The zero-order valence-electron chi connectivity index (χ0n) is 12.2. The fourth-order valence-electron chi connectivity index (χ4n) is 2.18. The topological polar surface area (TPSA) is 23.6 Å². The standard InChI is InChI=1S/C16H24N2O/c1-5-14(19)13-18(8-4)16-12-10-9-11-15(16)17(6-2)7-3/h5,9-12H,1,6-8,13H2,2-4H3. The van der Waals surface area contributed by atoms with E-state index in [0.717, 1.165) is 25.3 Å². The van der Waals surface area contributed by atoms with Crippen LogP contribution in [0, 0.1) is 0 Å². The number of anilines is 2. The molecular formula is C16H24N2O. The van der Waals surface area contributed by atoms with Crippen molar-refractivity contribution in [3.63, 3.8) is 0 Å². The number of nitrogens with zero attached hydrogens (tertiary/aromatic N) is 2. The fourth-order valence-corrected chi connectivity index (χ4v) is 2.18. The van der Waals surface area contributed by atoms with E-state index in [2.05, 4.69) is 49.3 Å². The van der Waals surface area contributed by atoms with E-state index in [4.69, 9.17) is 0 Å². The zero-order chi connectivity index (χ0) is 14.3. The summed E-state index contributed by atoms with van der Waals surface area (Å²) in [6.45, 7) is 13.0. The van der Waals surface area contributed by atoms with Crippen molar-refractivity contribution in [1.29, 1.82) is 0 Å². The first kappa shape index (κ1) is 15.3. The number of likely N-dealkylation sites (N-methyl/N-ethyl adjacent to an activating group) is 1. The van der Waals surface area contributed by atoms with Gasteiger partial charge in [0.05, 0.1) is 17.9 Å². The Kier molecular flexibility index (Phi) is 6.13. The summed E-state index contributed by atoms with van der Waals surface area (Å²) in [6, 6.07) is 8.25. The number of carbonyl (C=O) groups excluding carboxylic acids is 1. The van der Waals surface area contributed by atoms with Crippen molar-refractivity contribution >= 4 is 17.2 Å². The van der Waals surface area contributed by atoms with Crippen molar-refractivity contribution in [2.24, 2.45) is 0 Å². The number of rotatable bonds is 8. The van der Waals surface area contributed by atoms with Gasteiger partial charge >= 0.3 is 0 Å². The molecule has 0 aliphatic heterocycles. The van der Waals surface area contributed by atoms with Crippen LogP contribution in [-0.4, -0.2) is 32.0 Å². The molecule has 0 unspecified atom stereocenters. The molecule has 0 aliphatic rings. The molecule has 3 nitrogen and oxygen atoms in total. The summed E-state index contributed by atoms with van der Waals surface area (Å²) in [7, 11) is 0. The summed E-state index contributed by atoms with van der Waals surface area (Å²) >= 11 is 0. The molecule has 104 valence electrons. The monoisotopic (exact) mass is 260 g/mol. The molecule has 0 atom stereocenters. The summed E-state index contributed by atoms with van der Waals surface area (Å²) in [5, 5.41) is 0. The Hall–Kier alpha value is -1.77. The average molecular weight is 260 g/mol. The van der Waals surface area contributed by atoms with Crippen molar-refractivity contribution in [1.82, 2.24) is 0 Å². The molecule has 1 aromatic rings. The van der Waals surface area contributed by atoms with Crippen LogP contribution in [0.5, 0.6) is 0 Å². The normalized spacial score (nSPS) is 10.1.